The Morgan fingerprint density at radius 1 is 1.19 bits per heavy atom. The van der Waals surface area contributed by atoms with Crippen LogP contribution in [0.4, 0.5) is 0 Å². The second-order valence-corrected chi connectivity index (χ2v) is 9.09. The van der Waals surface area contributed by atoms with Gasteiger partial charge in [0.1, 0.15) is 29.8 Å². The van der Waals surface area contributed by atoms with Crippen molar-refractivity contribution in [2.45, 2.75) is 71.4 Å². The van der Waals surface area contributed by atoms with Gasteiger partial charge in [0.05, 0.1) is 12.5 Å². The number of cyclic esters (lactones) is 1. The van der Waals surface area contributed by atoms with Crippen LogP contribution < -0.4 is 9.47 Å². The van der Waals surface area contributed by atoms with Gasteiger partial charge >= 0.3 is 5.97 Å². The number of hydrogen-bond acceptors (Lipinski definition) is 5. The lowest BCUT2D eigenvalue weighted by molar-refractivity contribution is -0.156. The minimum Gasteiger partial charge on any atom is -0.488 e. The Morgan fingerprint density at radius 2 is 1.94 bits per heavy atom. The van der Waals surface area contributed by atoms with Crippen LogP contribution >= 0.6 is 0 Å². The molecule has 5 nitrogen and oxygen atoms in total. The van der Waals surface area contributed by atoms with Gasteiger partial charge in [-0.05, 0) is 44.9 Å². The second kappa shape index (κ2) is 8.39. The predicted octanol–water partition coefficient (Wildman–Crippen LogP) is 4.68. The van der Waals surface area contributed by atoms with E-state index in [2.05, 4.69) is 20.8 Å². The SMILES string of the molecule is Cc1c(/C=C/C2CC(O)CC(=O)O2)c2c(c(C)c1OCc1ccccc1)CC(C)(C)O2. The van der Waals surface area contributed by atoms with Gasteiger partial charge in [0.25, 0.3) is 0 Å². The highest BCUT2D eigenvalue weighted by Crippen LogP contribution is 2.46. The van der Waals surface area contributed by atoms with Gasteiger partial charge in [0.2, 0.25) is 0 Å². The molecule has 1 N–H and O–H groups in total. The van der Waals surface area contributed by atoms with E-state index >= 15 is 0 Å². The topological polar surface area (TPSA) is 65.0 Å². The summed E-state index contributed by atoms with van der Waals surface area (Å²) in [5.41, 5.74) is 4.99. The number of aliphatic hydroxyl groups excluding tert-OH is 1. The van der Waals surface area contributed by atoms with Crippen LogP contribution in [-0.4, -0.2) is 28.9 Å². The zero-order chi connectivity index (χ0) is 22.2. The Kier molecular flexibility index (Phi) is 5.80. The Balaban J connectivity index is 1.69. The van der Waals surface area contributed by atoms with Crippen molar-refractivity contribution in [2.24, 2.45) is 0 Å². The van der Waals surface area contributed by atoms with Gasteiger partial charge in [0, 0.05) is 29.5 Å². The fourth-order valence-electron chi connectivity index (χ4n) is 4.39. The van der Waals surface area contributed by atoms with E-state index in [1.807, 2.05) is 49.4 Å². The lowest BCUT2D eigenvalue weighted by atomic mass is 9.92. The Hall–Kier alpha value is -2.79. The fraction of sp³-hybridized carbons (Fsp3) is 0.423. The molecule has 0 bridgehead atoms. The van der Waals surface area contributed by atoms with Crippen LogP contribution in [0.2, 0.25) is 0 Å². The van der Waals surface area contributed by atoms with E-state index in [0.717, 1.165) is 45.7 Å². The van der Waals surface area contributed by atoms with Crippen LogP contribution in [0, 0.1) is 13.8 Å². The fourth-order valence-corrected chi connectivity index (χ4v) is 4.39. The number of carbonyl (C=O) groups excluding carboxylic acids is 1. The van der Waals surface area contributed by atoms with Crippen molar-refractivity contribution in [2.75, 3.05) is 0 Å². The van der Waals surface area contributed by atoms with Crippen LogP contribution in [0.5, 0.6) is 11.5 Å². The molecule has 4 rings (SSSR count). The van der Waals surface area contributed by atoms with Crippen molar-refractivity contribution >= 4 is 12.0 Å². The summed E-state index contributed by atoms with van der Waals surface area (Å²) in [4.78, 5) is 11.7. The molecule has 2 heterocycles. The Morgan fingerprint density at radius 3 is 2.65 bits per heavy atom. The molecule has 2 aromatic rings. The van der Waals surface area contributed by atoms with E-state index in [4.69, 9.17) is 14.2 Å². The number of carbonyl (C=O) groups is 1. The molecule has 5 heteroatoms. The molecular weight excluding hydrogens is 392 g/mol. The number of aliphatic hydroxyl groups is 1. The highest BCUT2D eigenvalue weighted by Gasteiger charge is 2.35. The lowest BCUT2D eigenvalue weighted by Crippen LogP contribution is -2.31. The standard InChI is InChI=1S/C26H30O5/c1-16-21(11-10-20-12-19(27)13-23(28)30-20)25-22(14-26(3,4)31-25)17(2)24(16)29-15-18-8-6-5-7-9-18/h5-11,19-20,27H,12-15H2,1-4H3/b11-10+. The highest BCUT2D eigenvalue weighted by atomic mass is 16.5. The summed E-state index contributed by atoms with van der Waals surface area (Å²) in [7, 11) is 0. The number of hydrogen-bond donors (Lipinski definition) is 1. The van der Waals surface area contributed by atoms with Crippen molar-refractivity contribution < 1.29 is 24.1 Å². The third kappa shape index (κ3) is 4.62. The summed E-state index contributed by atoms with van der Waals surface area (Å²) in [6.07, 6.45) is 3.93. The highest BCUT2D eigenvalue weighted by molar-refractivity contribution is 5.73. The Labute approximate surface area is 183 Å². The first kappa shape index (κ1) is 21.4. The molecule has 0 spiro atoms. The monoisotopic (exact) mass is 422 g/mol. The molecule has 1 saturated heterocycles. The molecule has 0 saturated carbocycles. The zero-order valence-corrected chi connectivity index (χ0v) is 18.6. The van der Waals surface area contributed by atoms with E-state index in [1.54, 1.807) is 0 Å². The van der Waals surface area contributed by atoms with Gasteiger partial charge in [-0.3, -0.25) is 4.79 Å². The van der Waals surface area contributed by atoms with E-state index in [0.29, 0.717) is 13.0 Å². The second-order valence-electron chi connectivity index (χ2n) is 9.09. The maximum atomic E-state index is 11.7. The maximum Gasteiger partial charge on any atom is 0.309 e. The maximum absolute atomic E-state index is 11.7. The first-order chi connectivity index (χ1) is 14.7. The van der Waals surface area contributed by atoms with Gasteiger partial charge in [-0.15, -0.1) is 0 Å². The molecule has 0 aromatic heterocycles. The smallest absolute Gasteiger partial charge is 0.309 e. The first-order valence-electron chi connectivity index (χ1n) is 10.8. The molecular formula is C26H30O5. The molecule has 31 heavy (non-hydrogen) atoms. The quantitative estimate of drug-likeness (QED) is 0.709. The number of esters is 1. The zero-order valence-electron chi connectivity index (χ0n) is 18.6. The van der Waals surface area contributed by atoms with Crippen molar-refractivity contribution in [1.82, 2.24) is 0 Å². The van der Waals surface area contributed by atoms with Crippen LogP contribution in [0.25, 0.3) is 6.08 Å². The lowest BCUT2D eigenvalue weighted by Gasteiger charge is -2.24. The first-order valence-corrected chi connectivity index (χ1v) is 10.8. The molecule has 2 unspecified atom stereocenters. The summed E-state index contributed by atoms with van der Waals surface area (Å²) >= 11 is 0. The van der Waals surface area contributed by atoms with E-state index < -0.39 is 12.2 Å². The summed E-state index contributed by atoms with van der Waals surface area (Å²) in [6, 6.07) is 10.1. The van der Waals surface area contributed by atoms with Crippen LogP contribution in [-0.2, 0) is 22.6 Å². The summed E-state index contributed by atoms with van der Waals surface area (Å²) < 4.78 is 18.0. The molecule has 0 amide bonds. The van der Waals surface area contributed by atoms with E-state index in [9.17, 15) is 9.90 Å². The third-order valence-electron chi connectivity index (χ3n) is 5.93. The van der Waals surface area contributed by atoms with Crippen molar-refractivity contribution in [3.05, 3.63) is 64.2 Å². The minimum absolute atomic E-state index is 0.0536. The van der Waals surface area contributed by atoms with E-state index in [1.165, 1.54) is 0 Å². The van der Waals surface area contributed by atoms with Gasteiger partial charge in [-0.25, -0.2) is 0 Å². The molecule has 2 aliphatic rings. The van der Waals surface area contributed by atoms with Crippen LogP contribution in [0.15, 0.2) is 36.4 Å². The minimum atomic E-state index is -0.666. The largest absolute Gasteiger partial charge is 0.488 e. The van der Waals surface area contributed by atoms with Gasteiger partial charge in [0.15, 0.2) is 0 Å². The molecule has 2 aromatic carbocycles. The van der Waals surface area contributed by atoms with Crippen molar-refractivity contribution in [3.63, 3.8) is 0 Å². The van der Waals surface area contributed by atoms with Gasteiger partial charge in [-0.2, -0.15) is 0 Å². The molecule has 164 valence electrons. The molecule has 1 fully saturated rings. The van der Waals surface area contributed by atoms with E-state index in [-0.39, 0.29) is 18.0 Å². The average Bonchev–Trinajstić information content (AvgIpc) is 3.03. The Bertz CT molecular complexity index is 1010. The van der Waals surface area contributed by atoms with Crippen LogP contribution in [0.3, 0.4) is 0 Å². The number of benzene rings is 2. The number of fused-ring (bicyclic) bond motifs is 1. The van der Waals surface area contributed by atoms with Crippen molar-refractivity contribution in [1.29, 1.82) is 0 Å². The number of ether oxygens (including phenoxy) is 3. The summed E-state index contributed by atoms with van der Waals surface area (Å²) in [5, 5.41) is 9.90. The number of rotatable bonds is 5. The van der Waals surface area contributed by atoms with Gasteiger partial charge < -0.3 is 19.3 Å². The predicted molar refractivity (Wildman–Crippen MR) is 119 cm³/mol. The molecule has 0 aliphatic carbocycles. The summed E-state index contributed by atoms with van der Waals surface area (Å²) in [5.74, 6) is 1.36. The normalized spacial score (nSPS) is 22.2. The molecule has 2 atom stereocenters. The van der Waals surface area contributed by atoms with Crippen LogP contribution in [0.1, 0.15) is 54.5 Å². The van der Waals surface area contributed by atoms with Crippen molar-refractivity contribution in [3.8, 4) is 11.5 Å². The summed E-state index contributed by atoms with van der Waals surface area (Å²) in [6.45, 7) is 8.77. The average molecular weight is 423 g/mol. The molecule has 2 aliphatic heterocycles. The third-order valence-corrected chi connectivity index (χ3v) is 5.93. The van der Waals surface area contributed by atoms with Gasteiger partial charge in [-0.1, -0.05) is 36.4 Å². The molecule has 0 radical (unpaired) electrons.